The van der Waals surface area contributed by atoms with Crippen LogP contribution in [0.25, 0.3) is 11.0 Å². The first-order valence-electron chi connectivity index (χ1n) is 6.01. The Bertz CT molecular complexity index is 459. The molecular formula is C13H19N3. The lowest BCUT2D eigenvalue weighted by Gasteiger charge is -2.07. The first-order chi connectivity index (χ1) is 7.86. The van der Waals surface area contributed by atoms with Crippen molar-refractivity contribution in [2.24, 2.45) is 5.73 Å². The molecule has 0 radical (unpaired) electrons. The Hall–Kier alpha value is -1.35. The Balaban J connectivity index is 2.32. The average molecular weight is 217 g/mol. The summed E-state index contributed by atoms with van der Waals surface area (Å²) in [6.07, 6.45) is 3.19. The maximum Gasteiger partial charge on any atom is 0.109 e. The van der Waals surface area contributed by atoms with E-state index in [9.17, 15) is 0 Å². The molecule has 0 amide bonds. The predicted molar refractivity (Wildman–Crippen MR) is 67.4 cm³/mol. The van der Waals surface area contributed by atoms with E-state index >= 15 is 0 Å². The van der Waals surface area contributed by atoms with Gasteiger partial charge in [-0.15, -0.1) is 0 Å². The number of imidazole rings is 1. The van der Waals surface area contributed by atoms with E-state index in [2.05, 4.69) is 34.7 Å². The maximum atomic E-state index is 5.53. The van der Waals surface area contributed by atoms with E-state index in [4.69, 9.17) is 5.73 Å². The number of aromatic nitrogens is 2. The fourth-order valence-electron chi connectivity index (χ4n) is 2.06. The van der Waals surface area contributed by atoms with E-state index in [0.29, 0.717) is 0 Å². The van der Waals surface area contributed by atoms with Gasteiger partial charge in [0.05, 0.1) is 11.0 Å². The Morgan fingerprint density at radius 2 is 2.06 bits per heavy atom. The third-order valence-electron chi connectivity index (χ3n) is 2.89. The molecule has 1 aromatic heterocycles. The van der Waals surface area contributed by atoms with Crippen LogP contribution in [0.5, 0.6) is 0 Å². The molecule has 0 aliphatic carbocycles. The zero-order chi connectivity index (χ0) is 11.4. The fraction of sp³-hybridized carbons (Fsp3) is 0.462. The molecular weight excluding hydrogens is 198 g/mol. The molecule has 2 aromatic rings. The monoisotopic (exact) mass is 217 g/mol. The number of unbranched alkanes of at least 4 members (excludes halogenated alkanes) is 1. The van der Waals surface area contributed by atoms with Gasteiger partial charge in [-0.25, -0.2) is 4.98 Å². The Labute approximate surface area is 96.3 Å². The Morgan fingerprint density at radius 3 is 2.81 bits per heavy atom. The van der Waals surface area contributed by atoms with Gasteiger partial charge in [-0.2, -0.15) is 0 Å². The normalized spacial score (nSPS) is 11.1. The van der Waals surface area contributed by atoms with Crippen molar-refractivity contribution in [2.45, 2.75) is 32.7 Å². The van der Waals surface area contributed by atoms with Crippen LogP contribution in [0.3, 0.4) is 0 Å². The Morgan fingerprint density at radius 1 is 1.25 bits per heavy atom. The highest BCUT2D eigenvalue weighted by molar-refractivity contribution is 5.75. The minimum atomic E-state index is 0.772. The van der Waals surface area contributed by atoms with Crippen LogP contribution in [0, 0.1) is 0 Å². The summed E-state index contributed by atoms with van der Waals surface area (Å²) >= 11 is 0. The molecule has 0 spiro atoms. The van der Waals surface area contributed by atoms with Crippen molar-refractivity contribution >= 4 is 11.0 Å². The minimum absolute atomic E-state index is 0.772. The molecule has 2 N–H and O–H groups in total. The number of aryl methyl sites for hydroxylation is 2. The standard InChI is InChI=1S/C13H19N3/c1-2-13-15-11-7-3-4-8-12(11)16(13)10-6-5-9-14/h3-4,7-8H,2,5-6,9-10,14H2,1H3. The number of nitrogens with two attached hydrogens (primary N) is 1. The second-order valence-electron chi connectivity index (χ2n) is 4.02. The van der Waals surface area contributed by atoms with Crippen LogP contribution in [0.15, 0.2) is 24.3 Å². The SMILES string of the molecule is CCc1nc2ccccc2n1CCCCN. The van der Waals surface area contributed by atoms with Crippen LogP contribution in [-0.2, 0) is 13.0 Å². The molecule has 1 heterocycles. The van der Waals surface area contributed by atoms with Gasteiger partial charge in [0, 0.05) is 13.0 Å². The molecule has 0 saturated heterocycles. The van der Waals surface area contributed by atoms with E-state index in [1.54, 1.807) is 0 Å². The van der Waals surface area contributed by atoms with Crippen molar-refractivity contribution in [2.75, 3.05) is 6.54 Å². The largest absolute Gasteiger partial charge is 0.330 e. The van der Waals surface area contributed by atoms with E-state index in [1.807, 2.05) is 6.07 Å². The second-order valence-corrected chi connectivity index (χ2v) is 4.02. The average Bonchev–Trinajstić information content (AvgIpc) is 2.68. The number of rotatable bonds is 5. The zero-order valence-corrected chi connectivity index (χ0v) is 9.82. The van der Waals surface area contributed by atoms with Gasteiger partial charge < -0.3 is 10.3 Å². The number of nitrogens with zero attached hydrogens (tertiary/aromatic N) is 2. The molecule has 86 valence electrons. The van der Waals surface area contributed by atoms with Crippen LogP contribution >= 0.6 is 0 Å². The molecule has 0 aliphatic rings. The highest BCUT2D eigenvalue weighted by Gasteiger charge is 2.07. The summed E-state index contributed by atoms with van der Waals surface area (Å²) in [5.41, 5.74) is 7.88. The molecule has 0 saturated carbocycles. The van der Waals surface area contributed by atoms with Crippen LogP contribution in [0.1, 0.15) is 25.6 Å². The van der Waals surface area contributed by atoms with Gasteiger partial charge in [0.2, 0.25) is 0 Å². The molecule has 0 bridgehead atoms. The van der Waals surface area contributed by atoms with Crippen molar-refractivity contribution < 1.29 is 0 Å². The summed E-state index contributed by atoms with van der Waals surface area (Å²) in [6, 6.07) is 8.33. The molecule has 1 aromatic carbocycles. The van der Waals surface area contributed by atoms with E-state index in [0.717, 1.165) is 37.9 Å². The topological polar surface area (TPSA) is 43.8 Å². The second kappa shape index (κ2) is 5.12. The molecule has 0 unspecified atom stereocenters. The first kappa shape index (κ1) is 11.1. The molecule has 2 rings (SSSR count). The fourth-order valence-corrected chi connectivity index (χ4v) is 2.06. The van der Waals surface area contributed by atoms with Crippen molar-refractivity contribution in [3.05, 3.63) is 30.1 Å². The summed E-state index contributed by atoms with van der Waals surface area (Å²) in [4.78, 5) is 4.64. The zero-order valence-electron chi connectivity index (χ0n) is 9.82. The lowest BCUT2D eigenvalue weighted by molar-refractivity contribution is 0.605. The van der Waals surface area contributed by atoms with Crippen LogP contribution in [0.4, 0.5) is 0 Å². The van der Waals surface area contributed by atoms with Crippen LogP contribution in [0.2, 0.25) is 0 Å². The first-order valence-corrected chi connectivity index (χ1v) is 6.01. The predicted octanol–water partition coefficient (Wildman–Crippen LogP) is 2.34. The van der Waals surface area contributed by atoms with Crippen molar-refractivity contribution in [1.29, 1.82) is 0 Å². The lowest BCUT2D eigenvalue weighted by Crippen LogP contribution is -2.06. The van der Waals surface area contributed by atoms with Gasteiger partial charge in [-0.05, 0) is 31.5 Å². The Kier molecular flexibility index (Phi) is 3.57. The number of hydrogen-bond donors (Lipinski definition) is 1. The van der Waals surface area contributed by atoms with Gasteiger partial charge in [-0.1, -0.05) is 19.1 Å². The highest BCUT2D eigenvalue weighted by atomic mass is 15.1. The van der Waals surface area contributed by atoms with Crippen LogP contribution in [-0.4, -0.2) is 16.1 Å². The third-order valence-corrected chi connectivity index (χ3v) is 2.89. The van der Waals surface area contributed by atoms with Gasteiger partial charge in [0.1, 0.15) is 5.82 Å². The number of fused-ring (bicyclic) bond motifs is 1. The van der Waals surface area contributed by atoms with E-state index in [-0.39, 0.29) is 0 Å². The molecule has 3 heteroatoms. The van der Waals surface area contributed by atoms with Crippen molar-refractivity contribution in [3.63, 3.8) is 0 Å². The van der Waals surface area contributed by atoms with Gasteiger partial charge in [-0.3, -0.25) is 0 Å². The molecule has 0 fully saturated rings. The van der Waals surface area contributed by atoms with Crippen LogP contribution < -0.4 is 5.73 Å². The third kappa shape index (κ3) is 2.09. The quantitative estimate of drug-likeness (QED) is 0.781. The summed E-state index contributed by atoms with van der Waals surface area (Å²) in [5, 5.41) is 0. The van der Waals surface area contributed by atoms with E-state index < -0.39 is 0 Å². The highest BCUT2D eigenvalue weighted by Crippen LogP contribution is 2.17. The summed E-state index contributed by atoms with van der Waals surface area (Å²) in [6.45, 7) is 3.95. The molecule has 0 aliphatic heterocycles. The maximum absolute atomic E-state index is 5.53. The molecule has 3 nitrogen and oxygen atoms in total. The van der Waals surface area contributed by atoms with Gasteiger partial charge in [0.15, 0.2) is 0 Å². The number of para-hydroxylation sites is 2. The van der Waals surface area contributed by atoms with Gasteiger partial charge in [0.25, 0.3) is 0 Å². The van der Waals surface area contributed by atoms with E-state index in [1.165, 1.54) is 11.3 Å². The van der Waals surface area contributed by atoms with Crippen molar-refractivity contribution in [3.8, 4) is 0 Å². The minimum Gasteiger partial charge on any atom is -0.330 e. The summed E-state index contributed by atoms with van der Waals surface area (Å²) in [7, 11) is 0. The smallest absolute Gasteiger partial charge is 0.109 e. The summed E-state index contributed by atoms with van der Waals surface area (Å²) < 4.78 is 2.32. The molecule has 0 atom stereocenters. The number of benzene rings is 1. The van der Waals surface area contributed by atoms with Crippen molar-refractivity contribution in [1.82, 2.24) is 9.55 Å². The number of hydrogen-bond acceptors (Lipinski definition) is 2. The molecule has 16 heavy (non-hydrogen) atoms. The van der Waals surface area contributed by atoms with Gasteiger partial charge >= 0.3 is 0 Å². The lowest BCUT2D eigenvalue weighted by atomic mass is 10.3. The summed E-state index contributed by atoms with van der Waals surface area (Å²) in [5.74, 6) is 1.18.